The largest absolute Gasteiger partial charge is 0.465 e. The van der Waals surface area contributed by atoms with Crippen molar-refractivity contribution >= 4 is 46.1 Å². The lowest BCUT2D eigenvalue weighted by Gasteiger charge is -2.39. The van der Waals surface area contributed by atoms with Crippen LogP contribution in [0.15, 0.2) is 60.9 Å². The van der Waals surface area contributed by atoms with Gasteiger partial charge in [0.05, 0.1) is 16.9 Å². The SMILES string of the molecule is C[C@]1(NC(=O)c2ccc(NC(=O)O)cc2)CCC[C@@H](Nc2ncc(Cl)c(-c3c[nH]c4ccccc34)n2)C1. The van der Waals surface area contributed by atoms with E-state index in [2.05, 4.69) is 25.9 Å². The molecule has 2 aromatic carbocycles. The van der Waals surface area contributed by atoms with Gasteiger partial charge < -0.3 is 20.7 Å². The molecule has 2 amide bonds. The van der Waals surface area contributed by atoms with E-state index in [0.29, 0.717) is 34.3 Å². The summed E-state index contributed by atoms with van der Waals surface area (Å²) in [7, 11) is 0. The van der Waals surface area contributed by atoms with Crippen molar-refractivity contribution in [2.45, 2.75) is 44.2 Å². The standard InChI is InChI=1S/C27H27ClN6O3/c1-27(34-24(35)16-8-10-17(11-9-16)32-26(36)37)12-4-5-18(13-27)31-25-30-15-21(28)23(33-25)20-14-29-22-7-3-2-6-19(20)22/h2-3,6-11,14-15,18,29,32H,4-5,12-13H2,1H3,(H,34,35)(H,36,37)(H,30,31,33)/t18-,27+/m1/s1. The average Bonchev–Trinajstić information content (AvgIpc) is 3.29. The summed E-state index contributed by atoms with van der Waals surface area (Å²) in [6.45, 7) is 2.04. The van der Waals surface area contributed by atoms with Gasteiger partial charge in [0, 0.05) is 45.5 Å². The number of amides is 2. The van der Waals surface area contributed by atoms with Gasteiger partial charge in [-0.3, -0.25) is 10.1 Å². The number of nitrogens with zero attached hydrogens (tertiary/aromatic N) is 2. The number of hydrogen-bond donors (Lipinski definition) is 5. The molecule has 0 saturated heterocycles. The molecule has 1 aliphatic rings. The third kappa shape index (κ3) is 5.51. The number of carbonyl (C=O) groups excluding carboxylic acids is 1. The Morgan fingerprint density at radius 2 is 1.95 bits per heavy atom. The van der Waals surface area contributed by atoms with Crippen molar-refractivity contribution < 1.29 is 14.7 Å². The molecule has 0 radical (unpaired) electrons. The molecule has 10 heteroatoms. The molecule has 1 saturated carbocycles. The Bertz CT molecular complexity index is 1450. The number of aromatic nitrogens is 3. The van der Waals surface area contributed by atoms with Gasteiger partial charge in [0.25, 0.3) is 5.91 Å². The molecule has 5 rings (SSSR count). The Hall–Kier alpha value is -4.11. The number of rotatable bonds is 6. The fraction of sp³-hybridized carbons (Fsp3) is 0.259. The number of carbonyl (C=O) groups is 2. The van der Waals surface area contributed by atoms with E-state index >= 15 is 0 Å². The molecule has 1 fully saturated rings. The molecule has 0 aliphatic heterocycles. The van der Waals surface area contributed by atoms with Gasteiger partial charge in [-0.25, -0.2) is 14.8 Å². The summed E-state index contributed by atoms with van der Waals surface area (Å²) in [6.07, 6.45) is 5.77. The quantitative estimate of drug-likeness (QED) is 0.215. The molecule has 0 unspecified atom stereocenters. The molecular weight excluding hydrogens is 492 g/mol. The number of aromatic amines is 1. The van der Waals surface area contributed by atoms with Crippen molar-refractivity contribution in [3.63, 3.8) is 0 Å². The van der Waals surface area contributed by atoms with Crippen LogP contribution in [0.5, 0.6) is 0 Å². The smallest absolute Gasteiger partial charge is 0.409 e. The molecule has 4 aromatic rings. The number of halogens is 1. The summed E-state index contributed by atoms with van der Waals surface area (Å²) in [6, 6.07) is 14.4. The van der Waals surface area contributed by atoms with E-state index in [1.54, 1.807) is 30.5 Å². The van der Waals surface area contributed by atoms with Gasteiger partial charge in [0.2, 0.25) is 5.95 Å². The first-order valence-corrected chi connectivity index (χ1v) is 12.5. The number of nitrogens with one attached hydrogen (secondary N) is 4. The first kappa shape index (κ1) is 24.6. The third-order valence-electron chi connectivity index (χ3n) is 6.71. The fourth-order valence-electron chi connectivity index (χ4n) is 4.97. The normalized spacial score (nSPS) is 19.4. The first-order chi connectivity index (χ1) is 17.8. The molecular formula is C27H27ClN6O3. The van der Waals surface area contributed by atoms with Crippen LogP contribution in [0.3, 0.4) is 0 Å². The van der Waals surface area contributed by atoms with Crippen molar-refractivity contribution in [2.24, 2.45) is 0 Å². The molecule has 0 bridgehead atoms. The van der Waals surface area contributed by atoms with Crippen molar-refractivity contribution in [3.8, 4) is 11.3 Å². The van der Waals surface area contributed by atoms with Crippen LogP contribution >= 0.6 is 11.6 Å². The molecule has 2 atom stereocenters. The summed E-state index contributed by atoms with van der Waals surface area (Å²) >= 11 is 6.48. The van der Waals surface area contributed by atoms with Crippen molar-refractivity contribution in [1.29, 1.82) is 0 Å². The number of carboxylic acid groups (broad SMARTS) is 1. The maximum Gasteiger partial charge on any atom is 0.409 e. The van der Waals surface area contributed by atoms with Gasteiger partial charge in [0.15, 0.2) is 0 Å². The van der Waals surface area contributed by atoms with Crippen LogP contribution in [0.2, 0.25) is 5.02 Å². The molecule has 2 aromatic heterocycles. The number of para-hydroxylation sites is 1. The number of H-pyrrole nitrogens is 1. The lowest BCUT2D eigenvalue weighted by atomic mass is 9.80. The second-order valence-electron chi connectivity index (χ2n) is 9.60. The van der Waals surface area contributed by atoms with E-state index in [4.69, 9.17) is 21.7 Å². The zero-order valence-corrected chi connectivity index (χ0v) is 21.0. The summed E-state index contributed by atoms with van der Waals surface area (Å²) in [5, 5.41) is 19.2. The van der Waals surface area contributed by atoms with Crippen LogP contribution < -0.4 is 16.0 Å². The Morgan fingerprint density at radius 3 is 2.73 bits per heavy atom. The number of hydrogen-bond acceptors (Lipinski definition) is 5. The number of benzene rings is 2. The van der Waals surface area contributed by atoms with Crippen LogP contribution in [0.1, 0.15) is 43.0 Å². The maximum absolute atomic E-state index is 12.9. The molecule has 1 aliphatic carbocycles. The second-order valence-corrected chi connectivity index (χ2v) is 10.0. The minimum Gasteiger partial charge on any atom is -0.465 e. The summed E-state index contributed by atoms with van der Waals surface area (Å²) in [5.41, 5.74) is 3.04. The van der Waals surface area contributed by atoms with Crippen molar-refractivity contribution in [3.05, 3.63) is 71.5 Å². The summed E-state index contributed by atoms with van der Waals surface area (Å²) < 4.78 is 0. The highest BCUT2D eigenvalue weighted by Crippen LogP contribution is 2.34. The molecule has 2 heterocycles. The van der Waals surface area contributed by atoms with E-state index in [-0.39, 0.29) is 11.9 Å². The Kier molecular flexibility index (Phi) is 6.71. The van der Waals surface area contributed by atoms with E-state index in [9.17, 15) is 9.59 Å². The van der Waals surface area contributed by atoms with E-state index in [1.807, 2.05) is 37.4 Å². The Balaban J connectivity index is 1.28. The van der Waals surface area contributed by atoms with Gasteiger partial charge in [-0.1, -0.05) is 29.8 Å². The van der Waals surface area contributed by atoms with E-state index in [1.165, 1.54) is 0 Å². The predicted molar refractivity (Wildman–Crippen MR) is 144 cm³/mol. The van der Waals surface area contributed by atoms with Crippen LogP contribution in [0.25, 0.3) is 22.2 Å². The monoisotopic (exact) mass is 518 g/mol. The third-order valence-corrected chi connectivity index (χ3v) is 6.99. The molecule has 5 N–H and O–H groups in total. The highest BCUT2D eigenvalue weighted by Gasteiger charge is 2.34. The van der Waals surface area contributed by atoms with Crippen molar-refractivity contribution in [2.75, 3.05) is 10.6 Å². The minimum atomic E-state index is -1.15. The van der Waals surface area contributed by atoms with Crippen LogP contribution in [0, 0.1) is 0 Å². The van der Waals surface area contributed by atoms with Crippen LogP contribution in [-0.4, -0.2) is 43.6 Å². The van der Waals surface area contributed by atoms with Gasteiger partial charge in [-0.2, -0.15) is 0 Å². The van der Waals surface area contributed by atoms with E-state index in [0.717, 1.165) is 35.7 Å². The number of anilines is 2. The fourth-order valence-corrected chi connectivity index (χ4v) is 5.17. The molecule has 0 spiro atoms. The maximum atomic E-state index is 12.9. The molecule has 9 nitrogen and oxygen atoms in total. The van der Waals surface area contributed by atoms with Crippen LogP contribution in [0.4, 0.5) is 16.4 Å². The zero-order chi connectivity index (χ0) is 26.0. The van der Waals surface area contributed by atoms with Gasteiger partial charge in [-0.05, 0) is 62.9 Å². The highest BCUT2D eigenvalue weighted by atomic mass is 35.5. The minimum absolute atomic E-state index is 0.0678. The topological polar surface area (TPSA) is 132 Å². The summed E-state index contributed by atoms with van der Waals surface area (Å²) in [4.78, 5) is 36.1. The Labute approximate surface area is 218 Å². The molecule has 37 heavy (non-hydrogen) atoms. The van der Waals surface area contributed by atoms with Gasteiger partial charge >= 0.3 is 6.09 Å². The Morgan fingerprint density at radius 1 is 1.16 bits per heavy atom. The average molecular weight is 519 g/mol. The van der Waals surface area contributed by atoms with Gasteiger partial charge in [-0.15, -0.1) is 0 Å². The van der Waals surface area contributed by atoms with Gasteiger partial charge in [0.1, 0.15) is 0 Å². The lowest BCUT2D eigenvalue weighted by molar-refractivity contribution is 0.0879. The molecule has 190 valence electrons. The summed E-state index contributed by atoms with van der Waals surface area (Å²) in [5.74, 6) is 0.293. The first-order valence-electron chi connectivity index (χ1n) is 12.1. The van der Waals surface area contributed by atoms with E-state index < -0.39 is 11.6 Å². The second kappa shape index (κ2) is 10.1. The number of fused-ring (bicyclic) bond motifs is 1. The zero-order valence-electron chi connectivity index (χ0n) is 20.2. The highest BCUT2D eigenvalue weighted by molar-refractivity contribution is 6.33. The van der Waals surface area contributed by atoms with Crippen LogP contribution in [-0.2, 0) is 0 Å². The van der Waals surface area contributed by atoms with Crippen molar-refractivity contribution in [1.82, 2.24) is 20.3 Å². The predicted octanol–water partition coefficient (Wildman–Crippen LogP) is 5.91. The lowest BCUT2D eigenvalue weighted by Crippen LogP contribution is -2.51.